The van der Waals surface area contributed by atoms with E-state index in [0.717, 1.165) is 5.56 Å². The average Bonchev–Trinajstić information content (AvgIpc) is 3.09. The largest absolute Gasteiger partial charge is 0.352 e. The summed E-state index contributed by atoms with van der Waals surface area (Å²) in [5, 5.41) is 20.9. The minimum absolute atomic E-state index is 0.00633. The Kier molecular flexibility index (Phi) is 5.23. The molecule has 0 fully saturated rings. The maximum atomic E-state index is 12.1. The van der Waals surface area contributed by atoms with Crippen molar-refractivity contribution in [3.05, 3.63) is 75.1 Å². The van der Waals surface area contributed by atoms with Crippen LogP contribution in [0.5, 0.6) is 0 Å². The Hall–Kier alpha value is -3.26. The third kappa shape index (κ3) is 4.22. The van der Waals surface area contributed by atoms with Crippen molar-refractivity contribution < 1.29 is 9.72 Å². The smallest absolute Gasteiger partial charge is 0.270 e. The van der Waals surface area contributed by atoms with Gasteiger partial charge in [0.05, 0.1) is 11.3 Å². The van der Waals surface area contributed by atoms with Gasteiger partial charge in [-0.3, -0.25) is 20.0 Å². The first-order valence-corrected chi connectivity index (χ1v) is 8.07. The SMILES string of the molecule is O=C(Cc1nc(-c2cccc([N+](=O)[O-])c2)n[nH]1)NCc1ccccc1Cl. The molecular formula is C17H14ClN5O3. The number of nitrogens with zero attached hydrogens (tertiary/aromatic N) is 3. The summed E-state index contributed by atoms with van der Waals surface area (Å²) in [4.78, 5) is 26.6. The number of aromatic nitrogens is 3. The molecule has 0 saturated carbocycles. The van der Waals surface area contributed by atoms with E-state index in [1.54, 1.807) is 18.2 Å². The van der Waals surface area contributed by atoms with Crippen LogP contribution >= 0.6 is 11.6 Å². The number of benzene rings is 2. The third-order valence-corrected chi connectivity index (χ3v) is 3.98. The lowest BCUT2D eigenvalue weighted by Crippen LogP contribution is -2.25. The number of hydrogen-bond acceptors (Lipinski definition) is 5. The Morgan fingerprint density at radius 2 is 2.04 bits per heavy atom. The monoisotopic (exact) mass is 371 g/mol. The van der Waals surface area contributed by atoms with Crippen molar-refractivity contribution in [1.82, 2.24) is 20.5 Å². The number of rotatable bonds is 6. The van der Waals surface area contributed by atoms with E-state index < -0.39 is 4.92 Å². The van der Waals surface area contributed by atoms with Crippen LogP contribution in [0.1, 0.15) is 11.4 Å². The summed E-state index contributed by atoms with van der Waals surface area (Å²) < 4.78 is 0. The number of halogens is 1. The van der Waals surface area contributed by atoms with Crippen molar-refractivity contribution in [3.63, 3.8) is 0 Å². The summed E-state index contributed by atoms with van der Waals surface area (Å²) in [6.07, 6.45) is 0.00633. The van der Waals surface area contributed by atoms with Gasteiger partial charge in [0.2, 0.25) is 5.91 Å². The Bertz CT molecular complexity index is 957. The van der Waals surface area contributed by atoms with Gasteiger partial charge >= 0.3 is 0 Å². The fraction of sp³-hybridized carbons (Fsp3) is 0.118. The van der Waals surface area contributed by atoms with Gasteiger partial charge in [0, 0.05) is 29.3 Å². The highest BCUT2D eigenvalue weighted by atomic mass is 35.5. The van der Waals surface area contributed by atoms with Crippen LogP contribution in [0.25, 0.3) is 11.4 Å². The van der Waals surface area contributed by atoms with Gasteiger partial charge in [-0.1, -0.05) is 41.9 Å². The van der Waals surface area contributed by atoms with Gasteiger partial charge in [0.1, 0.15) is 5.82 Å². The fourth-order valence-electron chi connectivity index (χ4n) is 2.31. The van der Waals surface area contributed by atoms with E-state index in [2.05, 4.69) is 20.5 Å². The van der Waals surface area contributed by atoms with Crippen LogP contribution in [0.3, 0.4) is 0 Å². The molecule has 2 aromatic carbocycles. The van der Waals surface area contributed by atoms with E-state index in [1.165, 1.54) is 12.1 Å². The van der Waals surface area contributed by atoms with Crippen LogP contribution in [-0.2, 0) is 17.8 Å². The molecular weight excluding hydrogens is 358 g/mol. The number of nitrogens with one attached hydrogen (secondary N) is 2. The van der Waals surface area contributed by atoms with E-state index in [0.29, 0.717) is 28.8 Å². The average molecular weight is 372 g/mol. The number of nitro groups is 1. The van der Waals surface area contributed by atoms with Crippen molar-refractivity contribution in [3.8, 4) is 11.4 Å². The molecule has 1 heterocycles. The quantitative estimate of drug-likeness (QED) is 0.510. The minimum atomic E-state index is -0.487. The van der Waals surface area contributed by atoms with Crippen LogP contribution in [0.4, 0.5) is 5.69 Å². The molecule has 1 amide bonds. The Morgan fingerprint density at radius 3 is 2.81 bits per heavy atom. The minimum Gasteiger partial charge on any atom is -0.352 e. The molecule has 132 valence electrons. The third-order valence-electron chi connectivity index (χ3n) is 3.61. The molecule has 0 unspecified atom stereocenters. The number of aromatic amines is 1. The first-order chi connectivity index (χ1) is 12.5. The maximum Gasteiger partial charge on any atom is 0.270 e. The summed E-state index contributed by atoms with van der Waals surface area (Å²) >= 11 is 6.05. The fourth-order valence-corrected chi connectivity index (χ4v) is 2.51. The van der Waals surface area contributed by atoms with E-state index in [-0.39, 0.29) is 18.0 Å². The highest BCUT2D eigenvalue weighted by molar-refractivity contribution is 6.31. The highest BCUT2D eigenvalue weighted by Crippen LogP contribution is 2.20. The number of carbonyl (C=O) groups is 1. The molecule has 8 nitrogen and oxygen atoms in total. The predicted octanol–water partition coefficient (Wildman–Crippen LogP) is 2.89. The van der Waals surface area contributed by atoms with Crippen molar-refractivity contribution >= 4 is 23.2 Å². The lowest BCUT2D eigenvalue weighted by atomic mass is 10.2. The molecule has 0 aliphatic heterocycles. The van der Waals surface area contributed by atoms with E-state index in [1.807, 2.05) is 18.2 Å². The molecule has 0 aliphatic rings. The van der Waals surface area contributed by atoms with Crippen LogP contribution in [-0.4, -0.2) is 26.0 Å². The molecule has 9 heteroatoms. The summed E-state index contributed by atoms with van der Waals surface area (Å²) in [5.41, 5.74) is 1.27. The molecule has 1 aromatic heterocycles. The van der Waals surface area contributed by atoms with Gasteiger partial charge in [0.15, 0.2) is 5.82 Å². The maximum absolute atomic E-state index is 12.1. The lowest BCUT2D eigenvalue weighted by Gasteiger charge is -2.05. The molecule has 0 radical (unpaired) electrons. The number of hydrogen-bond donors (Lipinski definition) is 2. The molecule has 3 rings (SSSR count). The summed E-state index contributed by atoms with van der Waals surface area (Å²) in [6.45, 7) is 0.310. The molecule has 26 heavy (non-hydrogen) atoms. The molecule has 3 aromatic rings. The molecule has 0 aliphatic carbocycles. The zero-order valence-corrected chi connectivity index (χ0v) is 14.2. The van der Waals surface area contributed by atoms with Gasteiger partial charge < -0.3 is 5.32 Å². The van der Waals surface area contributed by atoms with Crippen LogP contribution in [0.2, 0.25) is 5.02 Å². The Labute approximate surface area is 153 Å². The van der Waals surface area contributed by atoms with Gasteiger partial charge in [-0.2, -0.15) is 5.10 Å². The number of non-ortho nitro benzene ring substituents is 1. The molecule has 0 atom stereocenters. The normalized spacial score (nSPS) is 10.5. The van der Waals surface area contributed by atoms with Gasteiger partial charge in [-0.15, -0.1) is 0 Å². The number of carbonyl (C=O) groups excluding carboxylic acids is 1. The molecule has 0 spiro atoms. The van der Waals surface area contributed by atoms with Crippen molar-refractivity contribution in [2.75, 3.05) is 0 Å². The van der Waals surface area contributed by atoms with Crippen LogP contribution in [0, 0.1) is 10.1 Å². The van der Waals surface area contributed by atoms with Crippen molar-refractivity contribution in [2.24, 2.45) is 0 Å². The summed E-state index contributed by atoms with van der Waals surface area (Å²) in [6, 6.07) is 13.2. The second-order valence-corrected chi connectivity index (χ2v) is 5.87. The van der Waals surface area contributed by atoms with Gasteiger partial charge in [-0.25, -0.2) is 4.98 Å². The second kappa shape index (κ2) is 7.75. The standard InChI is InChI=1S/C17H14ClN5O3/c18-14-7-2-1-4-12(14)10-19-16(24)9-15-20-17(22-21-15)11-5-3-6-13(8-11)23(25)26/h1-8H,9-10H2,(H,19,24)(H,20,21,22). The van der Waals surface area contributed by atoms with E-state index in [4.69, 9.17) is 11.6 Å². The number of nitro benzene ring substituents is 1. The Balaban J connectivity index is 1.63. The summed E-state index contributed by atoms with van der Waals surface area (Å²) in [7, 11) is 0. The molecule has 0 saturated heterocycles. The van der Waals surface area contributed by atoms with Gasteiger partial charge in [0.25, 0.3) is 5.69 Å². The predicted molar refractivity (Wildman–Crippen MR) is 95.5 cm³/mol. The zero-order valence-electron chi connectivity index (χ0n) is 13.5. The van der Waals surface area contributed by atoms with Crippen molar-refractivity contribution in [2.45, 2.75) is 13.0 Å². The highest BCUT2D eigenvalue weighted by Gasteiger charge is 2.13. The van der Waals surface area contributed by atoms with Crippen LogP contribution < -0.4 is 5.32 Å². The second-order valence-electron chi connectivity index (χ2n) is 5.46. The first-order valence-electron chi connectivity index (χ1n) is 7.69. The summed E-state index contributed by atoms with van der Waals surface area (Å²) in [5.74, 6) is 0.414. The number of amides is 1. The number of H-pyrrole nitrogens is 1. The topological polar surface area (TPSA) is 114 Å². The van der Waals surface area contributed by atoms with Crippen molar-refractivity contribution in [1.29, 1.82) is 0 Å². The lowest BCUT2D eigenvalue weighted by molar-refractivity contribution is -0.384. The van der Waals surface area contributed by atoms with E-state index >= 15 is 0 Å². The zero-order chi connectivity index (χ0) is 18.5. The van der Waals surface area contributed by atoms with Crippen LogP contribution in [0.15, 0.2) is 48.5 Å². The molecule has 0 bridgehead atoms. The first kappa shape index (κ1) is 17.6. The van der Waals surface area contributed by atoms with Gasteiger partial charge in [-0.05, 0) is 11.6 Å². The van der Waals surface area contributed by atoms with E-state index in [9.17, 15) is 14.9 Å². The molecule has 2 N–H and O–H groups in total. The Morgan fingerprint density at radius 1 is 1.23 bits per heavy atom.